The first kappa shape index (κ1) is 19.5. The molecule has 1 heterocycles. The minimum Gasteiger partial charge on any atom is -0.457 e. The average Bonchev–Trinajstić information content (AvgIpc) is 2.76. The molecule has 0 bridgehead atoms. The molecule has 2 aromatic carbocycles. The summed E-state index contributed by atoms with van der Waals surface area (Å²) in [5.41, 5.74) is 1.51. The molecular weight excluding hydrogens is 366 g/mol. The highest BCUT2D eigenvalue weighted by Crippen LogP contribution is 2.44. The summed E-state index contributed by atoms with van der Waals surface area (Å²) in [6, 6.07) is 14.9. The van der Waals surface area contributed by atoms with Gasteiger partial charge >= 0.3 is 5.97 Å². The Morgan fingerprint density at radius 3 is 2.21 bits per heavy atom. The summed E-state index contributed by atoms with van der Waals surface area (Å²) < 4.78 is 11.5. The Bertz CT molecular complexity index is 842. The number of carbonyl (C=O) groups excluding carboxylic acids is 2. The smallest absolute Gasteiger partial charge is 0.318 e. The van der Waals surface area contributed by atoms with Crippen molar-refractivity contribution < 1.29 is 19.1 Å². The highest BCUT2D eigenvalue weighted by Gasteiger charge is 2.35. The average molecular weight is 393 g/mol. The predicted molar refractivity (Wildman–Crippen MR) is 110 cm³/mol. The second kappa shape index (κ2) is 8.68. The molecule has 0 unspecified atom stereocenters. The molecule has 2 aliphatic rings. The molecule has 5 heteroatoms. The van der Waals surface area contributed by atoms with Crippen LogP contribution >= 0.6 is 0 Å². The van der Waals surface area contributed by atoms with Crippen molar-refractivity contribution in [3.8, 4) is 11.5 Å². The predicted octanol–water partition coefficient (Wildman–Crippen LogP) is 4.55. The van der Waals surface area contributed by atoms with E-state index in [2.05, 4.69) is 5.32 Å². The van der Waals surface area contributed by atoms with Crippen LogP contribution in [0.5, 0.6) is 11.5 Å². The molecule has 0 saturated heterocycles. The minimum atomic E-state index is -0.840. The molecular formula is C24H27NO4. The lowest BCUT2D eigenvalue weighted by Crippen LogP contribution is -2.39. The Morgan fingerprint density at radius 2 is 1.59 bits per heavy atom. The maximum Gasteiger partial charge on any atom is 0.318 e. The van der Waals surface area contributed by atoms with E-state index in [1.807, 2.05) is 48.5 Å². The van der Waals surface area contributed by atoms with Gasteiger partial charge in [-0.2, -0.15) is 0 Å². The summed E-state index contributed by atoms with van der Waals surface area (Å²) in [7, 11) is 0. The van der Waals surface area contributed by atoms with E-state index in [1.165, 1.54) is 19.3 Å². The molecule has 29 heavy (non-hydrogen) atoms. The maximum atomic E-state index is 13.1. The molecule has 0 radical (unpaired) electrons. The quantitative estimate of drug-likeness (QED) is 0.757. The zero-order valence-corrected chi connectivity index (χ0v) is 16.7. The molecule has 1 aliphatic heterocycles. The summed E-state index contributed by atoms with van der Waals surface area (Å²) in [5, 5.41) is 2.96. The highest BCUT2D eigenvalue weighted by molar-refractivity contribution is 5.89. The lowest BCUT2D eigenvalue weighted by Gasteiger charge is -2.28. The Balaban J connectivity index is 1.44. The van der Waals surface area contributed by atoms with E-state index in [0.717, 1.165) is 24.0 Å². The van der Waals surface area contributed by atoms with Crippen LogP contribution in [0.15, 0.2) is 48.5 Å². The summed E-state index contributed by atoms with van der Waals surface area (Å²) in [6.07, 6.45) is 5.22. The van der Waals surface area contributed by atoms with Gasteiger partial charge in [0.05, 0.1) is 0 Å². The van der Waals surface area contributed by atoms with Gasteiger partial charge in [-0.15, -0.1) is 0 Å². The molecule has 1 saturated carbocycles. The van der Waals surface area contributed by atoms with Crippen LogP contribution in [0.2, 0.25) is 0 Å². The number of nitrogens with one attached hydrogen (secondary N) is 1. The number of rotatable bonds is 5. The van der Waals surface area contributed by atoms with Crippen LogP contribution < -0.4 is 10.1 Å². The Hall–Kier alpha value is -2.82. The molecule has 0 spiro atoms. The molecule has 1 fully saturated rings. The monoisotopic (exact) mass is 393 g/mol. The maximum absolute atomic E-state index is 13.1. The second-order valence-electron chi connectivity index (χ2n) is 7.94. The number of amides is 1. The minimum absolute atomic E-state index is 0.238. The van der Waals surface area contributed by atoms with Crippen LogP contribution in [0.4, 0.5) is 0 Å². The van der Waals surface area contributed by atoms with E-state index in [4.69, 9.17) is 9.47 Å². The highest BCUT2D eigenvalue weighted by atomic mass is 16.5. The van der Waals surface area contributed by atoms with Gasteiger partial charge in [-0.05, 0) is 37.8 Å². The number of esters is 1. The molecule has 4 rings (SSSR count). The SMILES string of the molecule is C[C@H](OC(=O)C1c2ccccc2Oc2ccccc21)C(=O)NCC1CCCCC1. The molecule has 0 aromatic heterocycles. The molecule has 1 N–H and O–H groups in total. The molecule has 152 valence electrons. The van der Waals surface area contributed by atoms with Gasteiger partial charge < -0.3 is 14.8 Å². The second-order valence-corrected chi connectivity index (χ2v) is 7.94. The molecule has 1 amide bonds. The first-order valence-electron chi connectivity index (χ1n) is 10.5. The summed E-state index contributed by atoms with van der Waals surface area (Å²) in [4.78, 5) is 25.6. The fourth-order valence-electron chi connectivity index (χ4n) is 4.24. The van der Waals surface area contributed by atoms with E-state index < -0.39 is 18.0 Å². The fraction of sp³-hybridized carbons (Fsp3) is 0.417. The number of benzene rings is 2. The standard InChI is InChI=1S/C24H27NO4/c1-16(23(26)25-15-17-9-3-2-4-10-17)28-24(27)22-18-11-5-7-13-20(18)29-21-14-8-6-12-19(21)22/h5-8,11-14,16-17,22H,2-4,9-10,15H2,1H3,(H,25,26)/t16-/m0/s1. The normalized spacial score (nSPS) is 17.4. The van der Waals surface area contributed by atoms with Crippen molar-refractivity contribution in [2.75, 3.05) is 6.54 Å². The summed E-state index contributed by atoms with van der Waals surface area (Å²) >= 11 is 0. The van der Waals surface area contributed by atoms with Crippen molar-refractivity contribution in [2.45, 2.75) is 51.0 Å². The third kappa shape index (κ3) is 4.29. The summed E-state index contributed by atoms with van der Waals surface area (Å²) in [5.74, 6) is 0.533. The van der Waals surface area contributed by atoms with Crippen molar-refractivity contribution in [1.82, 2.24) is 5.32 Å². The lowest BCUT2D eigenvalue weighted by molar-refractivity contribution is -0.155. The van der Waals surface area contributed by atoms with Crippen LogP contribution in [0, 0.1) is 5.92 Å². The van der Waals surface area contributed by atoms with Gasteiger partial charge in [0.15, 0.2) is 6.10 Å². The third-order valence-electron chi connectivity index (χ3n) is 5.87. The van der Waals surface area contributed by atoms with Crippen LogP contribution in [-0.2, 0) is 14.3 Å². The Kier molecular flexibility index (Phi) is 5.84. The van der Waals surface area contributed by atoms with Crippen LogP contribution in [-0.4, -0.2) is 24.5 Å². The van der Waals surface area contributed by atoms with Gasteiger partial charge in [-0.1, -0.05) is 55.7 Å². The molecule has 1 aliphatic carbocycles. The van der Waals surface area contributed by atoms with Gasteiger partial charge in [0.2, 0.25) is 0 Å². The summed E-state index contributed by atoms with van der Waals surface area (Å²) in [6.45, 7) is 2.29. The fourth-order valence-corrected chi connectivity index (χ4v) is 4.24. The van der Waals surface area contributed by atoms with Gasteiger partial charge in [0, 0.05) is 17.7 Å². The van der Waals surface area contributed by atoms with E-state index in [1.54, 1.807) is 6.92 Å². The van der Waals surface area contributed by atoms with Crippen molar-refractivity contribution in [2.24, 2.45) is 5.92 Å². The van der Waals surface area contributed by atoms with Crippen molar-refractivity contribution in [3.05, 3.63) is 59.7 Å². The Labute approximate surface area is 171 Å². The zero-order valence-electron chi connectivity index (χ0n) is 16.7. The topological polar surface area (TPSA) is 64.6 Å². The van der Waals surface area contributed by atoms with Crippen molar-refractivity contribution >= 4 is 11.9 Å². The molecule has 1 atom stereocenters. The number of ether oxygens (including phenoxy) is 2. The molecule has 5 nitrogen and oxygen atoms in total. The van der Waals surface area contributed by atoms with Crippen LogP contribution in [0.25, 0.3) is 0 Å². The third-order valence-corrected chi connectivity index (χ3v) is 5.87. The van der Waals surface area contributed by atoms with Gasteiger partial charge in [0.25, 0.3) is 5.91 Å². The number of para-hydroxylation sites is 2. The van der Waals surface area contributed by atoms with Crippen molar-refractivity contribution in [3.63, 3.8) is 0 Å². The van der Waals surface area contributed by atoms with E-state index in [-0.39, 0.29) is 5.91 Å². The Morgan fingerprint density at radius 1 is 1.00 bits per heavy atom. The lowest BCUT2D eigenvalue weighted by atomic mass is 9.88. The molecule has 2 aromatic rings. The van der Waals surface area contributed by atoms with Gasteiger partial charge in [-0.3, -0.25) is 9.59 Å². The number of hydrogen-bond donors (Lipinski definition) is 1. The van der Waals surface area contributed by atoms with Crippen LogP contribution in [0.1, 0.15) is 56.1 Å². The van der Waals surface area contributed by atoms with Crippen molar-refractivity contribution in [1.29, 1.82) is 0 Å². The van der Waals surface area contributed by atoms with Gasteiger partial charge in [-0.25, -0.2) is 0 Å². The van der Waals surface area contributed by atoms with E-state index in [0.29, 0.717) is 24.0 Å². The van der Waals surface area contributed by atoms with Gasteiger partial charge in [0.1, 0.15) is 17.4 Å². The number of hydrogen-bond acceptors (Lipinski definition) is 4. The number of fused-ring (bicyclic) bond motifs is 2. The van der Waals surface area contributed by atoms with E-state index >= 15 is 0 Å². The first-order chi connectivity index (χ1) is 14.1. The van der Waals surface area contributed by atoms with Crippen LogP contribution in [0.3, 0.4) is 0 Å². The number of carbonyl (C=O) groups is 2. The largest absolute Gasteiger partial charge is 0.457 e. The zero-order chi connectivity index (χ0) is 20.2. The van der Waals surface area contributed by atoms with E-state index in [9.17, 15) is 9.59 Å². The first-order valence-corrected chi connectivity index (χ1v) is 10.5.